The van der Waals surface area contributed by atoms with Gasteiger partial charge in [-0.1, -0.05) is 29.8 Å². The Labute approximate surface area is 156 Å². The van der Waals surface area contributed by atoms with Gasteiger partial charge in [-0.2, -0.15) is 5.10 Å². The number of likely N-dealkylation sites (N-methyl/N-ethyl adjacent to an activating group) is 1. The number of aryl methyl sites for hydroxylation is 1. The molecule has 0 saturated heterocycles. The zero-order valence-electron chi connectivity index (χ0n) is 14.8. The topological polar surface area (TPSA) is 50.2 Å². The SMILES string of the molecule is CN(C)[C@H](C(=O)NCc1nn(C)c2cccc(Cl)c12)c1cccc(F)c1. The van der Waals surface area contributed by atoms with E-state index < -0.39 is 6.04 Å². The second kappa shape index (κ2) is 7.43. The van der Waals surface area contributed by atoms with Crippen molar-refractivity contribution in [3.8, 4) is 0 Å². The van der Waals surface area contributed by atoms with Crippen LogP contribution in [0.25, 0.3) is 10.9 Å². The number of carbonyl (C=O) groups is 1. The number of aromatic nitrogens is 2. The van der Waals surface area contributed by atoms with Crippen LogP contribution in [-0.2, 0) is 18.4 Å². The first kappa shape index (κ1) is 18.4. The molecule has 26 heavy (non-hydrogen) atoms. The molecule has 0 fully saturated rings. The van der Waals surface area contributed by atoms with Crippen molar-refractivity contribution in [2.75, 3.05) is 14.1 Å². The molecule has 0 spiro atoms. The molecule has 1 amide bonds. The lowest BCUT2D eigenvalue weighted by Gasteiger charge is -2.23. The van der Waals surface area contributed by atoms with E-state index in [-0.39, 0.29) is 18.3 Å². The van der Waals surface area contributed by atoms with Gasteiger partial charge in [0.2, 0.25) is 5.91 Å². The highest BCUT2D eigenvalue weighted by Crippen LogP contribution is 2.26. The van der Waals surface area contributed by atoms with Crippen LogP contribution in [0.1, 0.15) is 17.3 Å². The fourth-order valence-electron chi connectivity index (χ4n) is 3.10. The summed E-state index contributed by atoms with van der Waals surface area (Å²) in [5.41, 5.74) is 2.19. The van der Waals surface area contributed by atoms with Gasteiger partial charge in [-0.15, -0.1) is 0 Å². The lowest BCUT2D eigenvalue weighted by molar-refractivity contribution is -0.126. The molecule has 5 nitrogen and oxygen atoms in total. The Bertz CT molecular complexity index is 954. The van der Waals surface area contributed by atoms with Crippen molar-refractivity contribution in [3.63, 3.8) is 0 Å². The molecule has 0 unspecified atom stereocenters. The van der Waals surface area contributed by atoms with Crippen LogP contribution in [0.15, 0.2) is 42.5 Å². The monoisotopic (exact) mass is 374 g/mol. The van der Waals surface area contributed by atoms with Crippen LogP contribution in [0.5, 0.6) is 0 Å². The quantitative estimate of drug-likeness (QED) is 0.745. The first-order valence-electron chi connectivity index (χ1n) is 8.18. The van der Waals surface area contributed by atoms with Gasteiger partial charge in [0, 0.05) is 12.4 Å². The van der Waals surface area contributed by atoms with E-state index in [9.17, 15) is 9.18 Å². The molecule has 0 radical (unpaired) electrons. The van der Waals surface area contributed by atoms with Gasteiger partial charge in [-0.3, -0.25) is 14.4 Å². The average molecular weight is 375 g/mol. The van der Waals surface area contributed by atoms with Gasteiger partial charge in [0.05, 0.1) is 22.8 Å². The fraction of sp³-hybridized carbons (Fsp3) is 0.263. The normalized spacial score (nSPS) is 12.5. The molecule has 1 atom stereocenters. The van der Waals surface area contributed by atoms with E-state index in [0.717, 1.165) is 10.9 Å². The van der Waals surface area contributed by atoms with Crippen molar-refractivity contribution in [3.05, 3.63) is 64.6 Å². The highest BCUT2D eigenvalue weighted by Gasteiger charge is 2.24. The van der Waals surface area contributed by atoms with Crippen LogP contribution in [0, 0.1) is 5.82 Å². The molecule has 0 bridgehead atoms. The molecule has 0 aliphatic rings. The van der Waals surface area contributed by atoms with Crippen molar-refractivity contribution < 1.29 is 9.18 Å². The summed E-state index contributed by atoms with van der Waals surface area (Å²) in [7, 11) is 5.39. The Morgan fingerprint density at radius 2 is 2.04 bits per heavy atom. The molecule has 7 heteroatoms. The minimum atomic E-state index is -0.601. The molecule has 3 aromatic rings. The Morgan fingerprint density at radius 3 is 2.73 bits per heavy atom. The Hall–Kier alpha value is -2.44. The average Bonchev–Trinajstić information content (AvgIpc) is 2.90. The molecule has 0 aliphatic carbocycles. The van der Waals surface area contributed by atoms with Crippen LogP contribution in [0.3, 0.4) is 0 Å². The van der Waals surface area contributed by atoms with Crippen molar-refractivity contribution in [1.29, 1.82) is 0 Å². The van der Waals surface area contributed by atoms with Crippen molar-refractivity contribution in [2.24, 2.45) is 7.05 Å². The summed E-state index contributed by atoms with van der Waals surface area (Å²) in [6.07, 6.45) is 0. The molecule has 1 heterocycles. The van der Waals surface area contributed by atoms with Crippen molar-refractivity contribution >= 4 is 28.4 Å². The van der Waals surface area contributed by atoms with Gasteiger partial charge < -0.3 is 5.32 Å². The van der Waals surface area contributed by atoms with E-state index in [2.05, 4.69) is 10.4 Å². The van der Waals surface area contributed by atoms with Gasteiger partial charge in [-0.25, -0.2) is 4.39 Å². The molecule has 0 saturated carbocycles. The first-order valence-corrected chi connectivity index (χ1v) is 8.56. The summed E-state index contributed by atoms with van der Waals surface area (Å²) in [6.45, 7) is 0.236. The van der Waals surface area contributed by atoms with E-state index in [0.29, 0.717) is 16.3 Å². The zero-order valence-corrected chi connectivity index (χ0v) is 15.6. The lowest BCUT2D eigenvalue weighted by Crippen LogP contribution is -2.36. The number of amides is 1. The molecule has 1 N–H and O–H groups in total. The maximum Gasteiger partial charge on any atom is 0.242 e. The van der Waals surface area contributed by atoms with E-state index in [1.165, 1.54) is 12.1 Å². The molecule has 3 rings (SSSR count). The smallest absolute Gasteiger partial charge is 0.242 e. The summed E-state index contributed by atoms with van der Waals surface area (Å²) in [5, 5.41) is 8.77. The van der Waals surface area contributed by atoms with Crippen LogP contribution in [0.4, 0.5) is 4.39 Å². The lowest BCUT2D eigenvalue weighted by atomic mass is 10.0. The van der Waals surface area contributed by atoms with E-state index >= 15 is 0 Å². The van der Waals surface area contributed by atoms with E-state index in [1.54, 1.807) is 41.9 Å². The maximum atomic E-state index is 13.5. The minimum absolute atomic E-state index is 0.230. The summed E-state index contributed by atoms with van der Waals surface area (Å²) in [6, 6.07) is 11.0. The number of halogens is 2. The summed E-state index contributed by atoms with van der Waals surface area (Å²) < 4.78 is 15.3. The predicted molar refractivity (Wildman–Crippen MR) is 100 cm³/mol. The van der Waals surface area contributed by atoms with Gasteiger partial charge in [-0.05, 0) is 43.9 Å². The van der Waals surface area contributed by atoms with Gasteiger partial charge in [0.1, 0.15) is 11.9 Å². The van der Waals surface area contributed by atoms with Crippen molar-refractivity contribution in [1.82, 2.24) is 20.0 Å². The largest absolute Gasteiger partial charge is 0.349 e. The number of fused-ring (bicyclic) bond motifs is 1. The minimum Gasteiger partial charge on any atom is -0.349 e. The maximum absolute atomic E-state index is 13.5. The second-order valence-corrected chi connectivity index (χ2v) is 6.75. The third-order valence-electron chi connectivity index (χ3n) is 4.26. The van der Waals surface area contributed by atoms with E-state index in [1.807, 2.05) is 19.2 Å². The summed E-state index contributed by atoms with van der Waals surface area (Å²) >= 11 is 6.30. The highest BCUT2D eigenvalue weighted by atomic mass is 35.5. The highest BCUT2D eigenvalue weighted by molar-refractivity contribution is 6.35. The zero-order chi connectivity index (χ0) is 18.8. The number of nitrogens with zero attached hydrogens (tertiary/aromatic N) is 3. The molecule has 1 aromatic heterocycles. The second-order valence-electron chi connectivity index (χ2n) is 6.34. The molecular formula is C19H20ClFN4O. The molecule has 0 aliphatic heterocycles. The van der Waals surface area contributed by atoms with Crippen LogP contribution < -0.4 is 5.32 Å². The number of nitrogens with one attached hydrogen (secondary N) is 1. The summed E-state index contributed by atoms with van der Waals surface area (Å²) in [4.78, 5) is 14.5. The number of hydrogen-bond acceptors (Lipinski definition) is 3. The number of benzene rings is 2. The third-order valence-corrected chi connectivity index (χ3v) is 4.57. The fourth-order valence-corrected chi connectivity index (χ4v) is 3.38. The van der Waals surface area contributed by atoms with Crippen LogP contribution in [-0.4, -0.2) is 34.7 Å². The van der Waals surface area contributed by atoms with Gasteiger partial charge in [0.15, 0.2) is 0 Å². The van der Waals surface area contributed by atoms with E-state index in [4.69, 9.17) is 11.6 Å². The van der Waals surface area contributed by atoms with Gasteiger partial charge in [0.25, 0.3) is 0 Å². The van der Waals surface area contributed by atoms with Gasteiger partial charge >= 0.3 is 0 Å². The van der Waals surface area contributed by atoms with Crippen LogP contribution in [0.2, 0.25) is 5.02 Å². The number of hydrogen-bond donors (Lipinski definition) is 1. The third kappa shape index (κ3) is 3.57. The van der Waals surface area contributed by atoms with Crippen LogP contribution >= 0.6 is 11.6 Å². The Balaban J connectivity index is 1.83. The summed E-state index contributed by atoms with van der Waals surface area (Å²) in [5.74, 6) is -0.601. The Kier molecular flexibility index (Phi) is 5.25. The van der Waals surface area contributed by atoms with Crippen molar-refractivity contribution in [2.45, 2.75) is 12.6 Å². The molecular weight excluding hydrogens is 355 g/mol. The molecule has 136 valence electrons. The standard InChI is InChI=1S/C19H20ClFN4O/c1-24(2)18(12-6-4-7-13(21)10-12)19(26)22-11-15-17-14(20)8-5-9-16(17)25(3)23-15/h4-10,18H,11H2,1-3H3,(H,22,26)/t18-/m0/s1. The predicted octanol–water partition coefficient (Wildman–Crippen LogP) is 3.28. The number of rotatable bonds is 5. The molecule has 2 aromatic carbocycles. The Morgan fingerprint density at radius 1 is 1.31 bits per heavy atom. The number of carbonyl (C=O) groups excluding carboxylic acids is 1. The first-order chi connectivity index (χ1) is 12.4.